The lowest BCUT2D eigenvalue weighted by Crippen LogP contribution is -2.31. The average Bonchev–Trinajstić information content (AvgIpc) is 3.14. The standard InChI is InChI=1S/C16H21BrFN/c1-19-15(16-12-4-2-3-5-13(12)16)9-10-8-11(17)6-7-14(10)18/h6-8,12-13,15-16,19H,2-5,9H2,1H3. The Hall–Kier alpha value is -0.410. The van der Waals surface area contributed by atoms with Gasteiger partial charge in [-0.1, -0.05) is 28.8 Å². The maximum atomic E-state index is 13.9. The molecule has 0 aliphatic heterocycles. The zero-order valence-corrected chi connectivity index (χ0v) is 12.9. The number of fused-ring (bicyclic) bond motifs is 1. The van der Waals surface area contributed by atoms with Crippen LogP contribution in [0, 0.1) is 23.6 Å². The first-order chi connectivity index (χ1) is 9.20. The highest BCUT2D eigenvalue weighted by molar-refractivity contribution is 9.10. The predicted molar refractivity (Wildman–Crippen MR) is 79.6 cm³/mol. The lowest BCUT2D eigenvalue weighted by Gasteiger charge is -2.17. The van der Waals surface area contributed by atoms with Gasteiger partial charge in [-0.25, -0.2) is 4.39 Å². The molecule has 0 aromatic heterocycles. The molecule has 0 saturated heterocycles. The minimum absolute atomic E-state index is 0.0768. The lowest BCUT2D eigenvalue weighted by molar-refractivity contribution is 0.451. The zero-order chi connectivity index (χ0) is 13.4. The minimum Gasteiger partial charge on any atom is -0.316 e. The van der Waals surface area contributed by atoms with Crippen molar-refractivity contribution in [3.8, 4) is 0 Å². The molecule has 1 aromatic carbocycles. The highest BCUT2D eigenvalue weighted by atomic mass is 79.9. The van der Waals surface area contributed by atoms with E-state index in [-0.39, 0.29) is 5.82 Å². The summed E-state index contributed by atoms with van der Waals surface area (Å²) in [7, 11) is 2.02. The van der Waals surface area contributed by atoms with E-state index in [0.29, 0.717) is 6.04 Å². The molecule has 0 heterocycles. The summed E-state index contributed by atoms with van der Waals surface area (Å²) in [5, 5.41) is 3.43. The summed E-state index contributed by atoms with van der Waals surface area (Å²) in [6.45, 7) is 0. The highest BCUT2D eigenvalue weighted by Gasteiger charge is 2.53. The second-order valence-electron chi connectivity index (χ2n) is 6.02. The van der Waals surface area contributed by atoms with Crippen LogP contribution in [-0.2, 0) is 6.42 Å². The number of hydrogen-bond donors (Lipinski definition) is 1. The third kappa shape index (κ3) is 2.73. The topological polar surface area (TPSA) is 12.0 Å². The van der Waals surface area contributed by atoms with Crippen LogP contribution < -0.4 is 5.32 Å². The number of benzene rings is 1. The molecule has 0 bridgehead atoms. The Morgan fingerprint density at radius 2 is 2.00 bits per heavy atom. The molecule has 2 saturated carbocycles. The summed E-state index contributed by atoms with van der Waals surface area (Å²) in [6.07, 6.45) is 6.35. The first-order valence-electron chi connectivity index (χ1n) is 7.32. The van der Waals surface area contributed by atoms with E-state index < -0.39 is 0 Å². The van der Waals surface area contributed by atoms with Crippen LogP contribution in [0.25, 0.3) is 0 Å². The van der Waals surface area contributed by atoms with E-state index in [1.807, 2.05) is 13.1 Å². The molecular formula is C16H21BrFN. The van der Waals surface area contributed by atoms with Gasteiger partial charge in [0.15, 0.2) is 0 Å². The predicted octanol–water partition coefficient (Wildman–Crippen LogP) is 4.15. The molecule has 1 N–H and O–H groups in total. The van der Waals surface area contributed by atoms with Crippen molar-refractivity contribution in [1.82, 2.24) is 5.32 Å². The fourth-order valence-corrected chi connectivity index (χ4v) is 4.42. The molecule has 0 amide bonds. The zero-order valence-electron chi connectivity index (χ0n) is 11.3. The van der Waals surface area contributed by atoms with Gasteiger partial charge < -0.3 is 5.32 Å². The highest BCUT2D eigenvalue weighted by Crippen LogP contribution is 2.57. The van der Waals surface area contributed by atoms with Gasteiger partial charge in [0.05, 0.1) is 0 Å². The number of rotatable bonds is 4. The Labute approximate surface area is 123 Å². The monoisotopic (exact) mass is 325 g/mol. The molecule has 2 aliphatic rings. The van der Waals surface area contributed by atoms with Crippen molar-refractivity contribution in [3.63, 3.8) is 0 Å². The van der Waals surface area contributed by atoms with Crippen molar-refractivity contribution in [3.05, 3.63) is 34.1 Å². The lowest BCUT2D eigenvalue weighted by atomic mass is 9.99. The van der Waals surface area contributed by atoms with Gasteiger partial charge in [0.1, 0.15) is 5.82 Å². The van der Waals surface area contributed by atoms with Gasteiger partial charge in [-0.05, 0) is 67.8 Å². The van der Waals surface area contributed by atoms with Crippen LogP contribution in [0.3, 0.4) is 0 Å². The first-order valence-corrected chi connectivity index (χ1v) is 8.11. The van der Waals surface area contributed by atoms with Crippen molar-refractivity contribution in [2.45, 2.75) is 38.1 Å². The fraction of sp³-hybridized carbons (Fsp3) is 0.625. The van der Waals surface area contributed by atoms with Gasteiger partial charge in [0, 0.05) is 10.5 Å². The second kappa shape index (κ2) is 5.53. The molecule has 2 fully saturated rings. The molecule has 3 heteroatoms. The molecule has 3 rings (SSSR count). The van der Waals surface area contributed by atoms with Crippen molar-refractivity contribution < 1.29 is 4.39 Å². The summed E-state index contributed by atoms with van der Waals surface area (Å²) >= 11 is 3.43. The smallest absolute Gasteiger partial charge is 0.126 e. The van der Waals surface area contributed by atoms with Gasteiger partial charge >= 0.3 is 0 Å². The van der Waals surface area contributed by atoms with Crippen molar-refractivity contribution in [2.75, 3.05) is 7.05 Å². The van der Waals surface area contributed by atoms with Gasteiger partial charge in [-0.3, -0.25) is 0 Å². The fourth-order valence-electron chi connectivity index (χ4n) is 4.01. The SMILES string of the molecule is CNC(Cc1cc(Br)ccc1F)C1C2CCCCC21. The number of halogens is 2. The molecule has 104 valence electrons. The van der Waals surface area contributed by atoms with Crippen LogP contribution in [0.1, 0.15) is 31.2 Å². The molecule has 3 unspecified atom stereocenters. The van der Waals surface area contributed by atoms with Crippen LogP contribution >= 0.6 is 15.9 Å². The summed E-state index contributed by atoms with van der Waals surface area (Å²) in [5.41, 5.74) is 0.831. The Balaban J connectivity index is 1.72. The first kappa shape index (κ1) is 13.6. The Kier molecular flexibility index (Phi) is 3.95. The molecule has 3 atom stereocenters. The summed E-state index contributed by atoms with van der Waals surface area (Å²) in [5.74, 6) is 2.50. The number of likely N-dealkylation sites (N-methyl/N-ethyl adjacent to an activating group) is 1. The van der Waals surface area contributed by atoms with E-state index in [1.165, 1.54) is 25.7 Å². The van der Waals surface area contributed by atoms with Gasteiger partial charge in [0.25, 0.3) is 0 Å². The third-order valence-corrected chi connectivity index (χ3v) is 5.50. The van der Waals surface area contributed by atoms with Crippen LogP contribution in [0.2, 0.25) is 0 Å². The normalized spacial score (nSPS) is 30.8. The van der Waals surface area contributed by atoms with E-state index in [9.17, 15) is 4.39 Å². The van der Waals surface area contributed by atoms with Gasteiger partial charge in [-0.15, -0.1) is 0 Å². The maximum absolute atomic E-state index is 13.9. The molecule has 0 spiro atoms. The minimum atomic E-state index is -0.0768. The molecule has 19 heavy (non-hydrogen) atoms. The van der Waals surface area contributed by atoms with E-state index in [4.69, 9.17) is 0 Å². The van der Waals surface area contributed by atoms with Crippen LogP contribution in [0.5, 0.6) is 0 Å². The quantitative estimate of drug-likeness (QED) is 0.876. The summed E-state index contributed by atoms with van der Waals surface area (Å²) in [6, 6.07) is 5.68. The molecular weight excluding hydrogens is 305 g/mol. The second-order valence-corrected chi connectivity index (χ2v) is 6.94. The number of hydrogen-bond acceptors (Lipinski definition) is 1. The van der Waals surface area contributed by atoms with Gasteiger partial charge in [-0.2, -0.15) is 0 Å². The van der Waals surface area contributed by atoms with E-state index in [1.54, 1.807) is 12.1 Å². The summed E-state index contributed by atoms with van der Waals surface area (Å²) in [4.78, 5) is 0. The van der Waals surface area contributed by atoms with Crippen LogP contribution in [-0.4, -0.2) is 13.1 Å². The molecule has 0 radical (unpaired) electrons. The summed E-state index contributed by atoms with van der Waals surface area (Å²) < 4.78 is 14.8. The number of nitrogens with one attached hydrogen (secondary N) is 1. The molecule has 1 aromatic rings. The maximum Gasteiger partial charge on any atom is 0.126 e. The van der Waals surface area contributed by atoms with Crippen molar-refractivity contribution in [2.24, 2.45) is 17.8 Å². The third-order valence-electron chi connectivity index (χ3n) is 5.01. The Morgan fingerprint density at radius 3 is 2.63 bits per heavy atom. The Bertz CT molecular complexity index is 450. The average molecular weight is 326 g/mol. The Morgan fingerprint density at radius 1 is 1.32 bits per heavy atom. The van der Waals surface area contributed by atoms with E-state index in [2.05, 4.69) is 21.2 Å². The molecule has 1 nitrogen and oxygen atoms in total. The van der Waals surface area contributed by atoms with Gasteiger partial charge in [0.2, 0.25) is 0 Å². The van der Waals surface area contributed by atoms with Crippen molar-refractivity contribution >= 4 is 15.9 Å². The van der Waals surface area contributed by atoms with E-state index >= 15 is 0 Å². The molecule has 2 aliphatic carbocycles. The largest absolute Gasteiger partial charge is 0.316 e. The van der Waals surface area contributed by atoms with Crippen LogP contribution in [0.4, 0.5) is 4.39 Å². The van der Waals surface area contributed by atoms with E-state index in [0.717, 1.165) is 34.2 Å². The van der Waals surface area contributed by atoms with Crippen molar-refractivity contribution in [1.29, 1.82) is 0 Å². The van der Waals surface area contributed by atoms with Crippen LogP contribution in [0.15, 0.2) is 22.7 Å².